The minimum absolute atomic E-state index is 0.0606. The van der Waals surface area contributed by atoms with E-state index in [0.717, 1.165) is 18.4 Å². The third kappa shape index (κ3) is 6.22. The molecule has 6 heteroatoms. The van der Waals surface area contributed by atoms with E-state index in [1.54, 1.807) is 24.1 Å². The van der Waals surface area contributed by atoms with Crippen LogP contribution in [0.15, 0.2) is 24.3 Å². The van der Waals surface area contributed by atoms with Gasteiger partial charge >= 0.3 is 6.03 Å². The van der Waals surface area contributed by atoms with Crippen molar-refractivity contribution in [2.75, 3.05) is 20.1 Å². The average Bonchev–Trinajstić information content (AvgIpc) is 2.47. The number of unbranched alkanes of at least 4 members (excludes halogenated alkanes) is 1. The Morgan fingerprint density at radius 1 is 1.27 bits per heavy atom. The van der Waals surface area contributed by atoms with Gasteiger partial charge < -0.3 is 5.32 Å². The summed E-state index contributed by atoms with van der Waals surface area (Å²) in [6.45, 7) is 4.58. The number of nitrogens with zero attached hydrogens (tertiary/aromatic N) is 1. The minimum atomic E-state index is -0.471. The first-order valence-corrected chi connectivity index (χ1v) is 7.47. The first-order chi connectivity index (χ1) is 10.4. The van der Waals surface area contributed by atoms with E-state index in [1.165, 1.54) is 12.1 Å². The molecular weight excluding hydrogens is 285 g/mol. The molecule has 1 rings (SSSR count). The van der Waals surface area contributed by atoms with Crippen LogP contribution < -0.4 is 10.6 Å². The summed E-state index contributed by atoms with van der Waals surface area (Å²) in [5.41, 5.74) is 0.907. The van der Waals surface area contributed by atoms with Crippen LogP contribution in [0.3, 0.4) is 0 Å². The lowest BCUT2D eigenvalue weighted by atomic mass is 10.1. The maximum Gasteiger partial charge on any atom is 0.321 e. The lowest BCUT2D eigenvalue weighted by molar-refractivity contribution is -0.121. The lowest BCUT2D eigenvalue weighted by Gasteiger charge is -2.24. The molecule has 0 saturated heterocycles. The van der Waals surface area contributed by atoms with Crippen molar-refractivity contribution in [3.63, 3.8) is 0 Å². The summed E-state index contributed by atoms with van der Waals surface area (Å²) in [7, 11) is 1.78. The van der Waals surface area contributed by atoms with E-state index in [9.17, 15) is 14.0 Å². The zero-order valence-corrected chi connectivity index (χ0v) is 13.4. The molecular formula is C16H24FN3O2. The van der Waals surface area contributed by atoms with Gasteiger partial charge in [-0.1, -0.05) is 25.5 Å². The summed E-state index contributed by atoms with van der Waals surface area (Å²) in [6, 6.07) is 5.62. The molecule has 3 amide bonds. The second kappa shape index (κ2) is 9.15. The molecule has 5 nitrogen and oxygen atoms in total. The molecule has 1 aromatic carbocycles. The summed E-state index contributed by atoms with van der Waals surface area (Å²) in [5, 5.41) is 4.92. The van der Waals surface area contributed by atoms with Crippen molar-refractivity contribution in [2.45, 2.75) is 32.7 Å². The molecule has 1 aromatic rings. The van der Waals surface area contributed by atoms with E-state index in [-0.39, 0.29) is 24.3 Å². The van der Waals surface area contributed by atoms with Crippen LogP contribution in [0, 0.1) is 5.82 Å². The van der Waals surface area contributed by atoms with Crippen molar-refractivity contribution in [2.24, 2.45) is 0 Å². The van der Waals surface area contributed by atoms with Gasteiger partial charge in [-0.3, -0.25) is 15.0 Å². The van der Waals surface area contributed by atoms with Crippen molar-refractivity contribution in [1.82, 2.24) is 15.5 Å². The normalized spacial score (nSPS) is 12.0. The Morgan fingerprint density at radius 3 is 2.50 bits per heavy atom. The second-order valence-electron chi connectivity index (χ2n) is 5.30. The number of urea groups is 1. The Hall–Kier alpha value is -1.95. The van der Waals surface area contributed by atoms with Gasteiger partial charge in [0.2, 0.25) is 5.91 Å². The average molecular weight is 309 g/mol. The fraction of sp³-hybridized carbons (Fsp3) is 0.500. The van der Waals surface area contributed by atoms with Crippen molar-refractivity contribution in [3.05, 3.63) is 35.6 Å². The number of imide groups is 1. The maximum absolute atomic E-state index is 12.9. The highest BCUT2D eigenvalue weighted by atomic mass is 19.1. The summed E-state index contributed by atoms with van der Waals surface area (Å²) >= 11 is 0. The van der Waals surface area contributed by atoms with Gasteiger partial charge in [-0.2, -0.15) is 0 Å². The number of rotatable bonds is 7. The van der Waals surface area contributed by atoms with Crippen molar-refractivity contribution >= 4 is 11.9 Å². The smallest absolute Gasteiger partial charge is 0.321 e. The highest BCUT2D eigenvalue weighted by Gasteiger charge is 2.16. The van der Waals surface area contributed by atoms with E-state index in [1.807, 2.05) is 13.8 Å². The Labute approximate surface area is 130 Å². The molecule has 22 heavy (non-hydrogen) atoms. The van der Waals surface area contributed by atoms with Crippen LogP contribution in [-0.2, 0) is 4.79 Å². The second-order valence-corrected chi connectivity index (χ2v) is 5.30. The van der Waals surface area contributed by atoms with Crippen LogP contribution in [0.1, 0.15) is 38.3 Å². The zero-order valence-electron chi connectivity index (χ0n) is 13.4. The standard InChI is InChI=1S/C16H24FN3O2/c1-4-5-10-18-16(22)19-15(21)11-20(3)12(2)13-6-8-14(17)9-7-13/h6-9,12H,4-5,10-11H2,1-3H3,(H2,18,19,21,22). The molecule has 0 heterocycles. The molecule has 0 bridgehead atoms. The number of hydrogen-bond donors (Lipinski definition) is 2. The topological polar surface area (TPSA) is 61.4 Å². The number of hydrogen-bond acceptors (Lipinski definition) is 3. The lowest BCUT2D eigenvalue weighted by Crippen LogP contribution is -2.44. The third-order valence-electron chi connectivity index (χ3n) is 3.48. The fourth-order valence-electron chi connectivity index (χ4n) is 1.95. The molecule has 0 radical (unpaired) electrons. The highest BCUT2D eigenvalue weighted by molar-refractivity contribution is 5.95. The van der Waals surface area contributed by atoms with Crippen LogP contribution in [0.25, 0.3) is 0 Å². The number of benzene rings is 1. The van der Waals surface area contributed by atoms with Crippen molar-refractivity contribution < 1.29 is 14.0 Å². The molecule has 2 N–H and O–H groups in total. The molecule has 122 valence electrons. The number of amides is 3. The number of nitrogens with one attached hydrogen (secondary N) is 2. The molecule has 0 aliphatic rings. The van der Waals surface area contributed by atoms with E-state index < -0.39 is 6.03 Å². The Balaban J connectivity index is 2.42. The molecule has 0 aliphatic heterocycles. The summed E-state index contributed by atoms with van der Waals surface area (Å²) < 4.78 is 12.9. The summed E-state index contributed by atoms with van der Waals surface area (Å²) in [5.74, 6) is -0.662. The van der Waals surface area contributed by atoms with E-state index >= 15 is 0 Å². The third-order valence-corrected chi connectivity index (χ3v) is 3.48. The Kier molecular flexibility index (Phi) is 7.52. The van der Waals surface area contributed by atoms with E-state index in [4.69, 9.17) is 0 Å². The molecule has 0 aromatic heterocycles. The number of carbonyl (C=O) groups excluding carboxylic acids is 2. The van der Waals surface area contributed by atoms with Crippen molar-refractivity contribution in [3.8, 4) is 0 Å². The van der Waals surface area contributed by atoms with Gasteiger partial charge in [0, 0.05) is 12.6 Å². The van der Waals surface area contributed by atoms with Gasteiger partial charge in [0.05, 0.1) is 6.54 Å². The van der Waals surface area contributed by atoms with Gasteiger partial charge in [0.25, 0.3) is 0 Å². The molecule has 1 atom stereocenters. The maximum atomic E-state index is 12.9. The molecule has 0 spiro atoms. The Bertz CT molecular complexity index is 491. The SMILES string of the molecule is CCCCNC(=O)NC(=O)CN(C)C(C)c1ccc(F)cc1. The van der Waals surface area contributed by atoms with Crippen LogP contribution in [0.4, 0.5) is 9.18 Å². The summed E-state index contributed by atoms with van der Waals surface area (Å²) in [4.78, 5) is 25.1. The van der Waals surface area contributed by atoms with Crippen LogP contribution in [0.5, 0.6) is 0 Å². The summed E-state index contributed by atoms with van der Waals surface area (Å²) in [6.07, 6.45) is 1.86. The first kappa shape index (κ1) is 18.1. The van der Waals surface area contributed by atoms with Gasteiger partial charge in [0.15, 0.2) is 0 Å². The molecule has 0 fully saturated rings. The number of likely N-dealkylation sites (N-methyl/N-ethyl adjacent to an activating group) is 1. The first-order valence-electron chi connectivity index (χ1n) is 7.47. The minimum Gasteiger partial charge on any atom is -0.338 e. The number of carbonyl (C=O) groups is 2. The molecule has 0 aliphatic carbocycles. The van der Waals surface area contributed by atoms with Crippen LogP contribution >= 0.6 is 0 Å². The highest BCUT2D eigenvalue weighted by Crippen LogP contribution is 2.18. The van der Waals surface area contributed by atoms with Crippen LogP contribution in [-0.4, -0.2) is 37.0 Å². The largest absolute Gasteiger partial charge is 0.338 e. The molecule has 1 unspecified atom stereocenters. The quantitative estimate of drug-likeness (QED) is 0.761. The predicted octanol–water partition coefficient (Wildman–Crippen LogP) is 2.44. The Morgan fingerprint density at radius 2 is 1.91 bits per heavy atom. The van der Waals surface area contributed by atoms with Gasteiger partial charge in [0.1, 0.15) is 5.82 Å². The van der Waals surface area contributed by atoms with Gasteiger partial charge in [-0.25, -0.2) is 9.18 Å². The van der Waals surface area contributed by atoms with Gasteiger partial charge in [-0.05, 0) is 38.1 Å². The predicted molar refractivity (Wildman–Crippen MR) is 83.9 cm³/mol. The molecule has 0 saturated carbocycles. The fourth-order valence-corrected chi connectivity index (χ4v) is 1.95. The number of halogens is 1. The van der Waals surface area contributed by atoms with E-state index in [2.05, 4.69) is 10.6 Å². The zero-order chi connectivity index (χ0) is 16.5. The van der Waals surface area contributed by atoms with Crippen LogP contribution in [0.2, 0.25) is 0 Å². The van der Waals surface area contributed by atoms with Gasteiger partial charge in [-0.15, -0.1) is 0 Å². The van der Waals surface area contributed by atoms with E-state index in [0.29, 0.717) is 6.54 Å². The monoisotopic (exact) mass is 309 g/mol. The van der Waals surface area contributed by atoms with Crippen molar-refractivity contribution in [1.29, 1.82) is 0 Å².